The van der Waals surface area contributed by atoms with Gasteiger partial charge < -0.3 is 15.3 Å². The Morgan fingerprint density at radius 1 is 1.14 bits per heavy atom. The summed E-state index contributed by atoms with van der Waals surface area (Å²) < 4.78 is 0. The van der Waals surface area contributed by atoms with Gasteiger partial charge in [-0.2, -0.15) is 0 Å². The number of hydrogen-bond donors (Lipinski definition) is 3. The van der Waals surface area contributed by atoms with E-state index in [-0.39, 0.29) is 5.41 Å². The predicted molar refractivity (Wildman–Crippen MR) is 80.8 cm³/mol. The zero-order valence-electron chi connectivity index (χ0n) is 12.3. The van der Waals surface area contributed by atoms with Gasteiger partial charge in [-0.15, -0.1) is 0 Å². The van der Waals surface area contributed by atoms with Crippen LogP contribution in [0.3, 0.4) is 0 Å². The maximum Gasteiger partial charge on any atom is 0.115 e. The molecule has 0 radical (unpaired) electrons. The molecule has 3 aliphatic rings. The summed E-state index contributed by atoms with van der Waals surface area (Å²) in [6.07, 6.45) is 3.32. The number of allylic oxidation sites excluding steroid dienone is 2. The average molecular weight is 286 g/mol. The van der Waals surface area contributed by atoms with Crippen LogP contribution in [0.2, 0.25) is 0 Å². The number of fused-ring (bicyclic) bond motifs is 4. The Morgan fingerprint density at radius 3 is 2.76 bits per heavy atom. The van der Waals surface area contributed by atoms with E-state index in [0.717, 1.165) is 25.7 Å². The molecule has 2 unspecified atom stereocenters. The molecule has 0 aliphatic heterocycles. The summed E-state index contributed by atoms with van der Waals surface area (Å²) in [5.74, 6) is 0.637. The van der Waals surface area contributed by atoms with Crippen LogP contribution in [-0.4, -0.2) is 27.5 Å². The molecule has 0 spiro atoms. The second-order valence-electron chi connectivity index (χ2n) is 7.15. The molecule has 3 N–H and O–H groups in total. The van der Waals surface area contributed by atoms with E-state index in [1.165, 1.54) is 22.3 Å². The van der Waals surface area contributed by atoms with Gasteiger partial charge >= 0.3 is 0 Å². The first kappa shape index (κ1) is 13.4. The minimum Gasteiger partial charge on any atom is -0.508 e. The second kappa shape index (κ2) is 4.34. The Balaban J connectivity index is 1.82. The predicted octanol–water partition coefficient (Wildman–Crippen LogP) is 2.63. The molecule has 0 aromatic heterocycles. The van der Waals surface area contributed by atoms with Crippen LogP contribution in [0.15, 0.2) is 23.8 Å². The zero-order chi connectivity index (χ0) is 14.8. The molecule has 0 heterocycles. The molecule has 0 amide bonds. The van der Waals surface area contributed by atoms with Crippen LogP contribution in [-0.2, 0) is 6.42 Å². The van der Waals surface area contributed by atoms with Gasteiger partial charge in [0.15, 0.2) is 0 Å². The Kier molecular flexibility index (Phi) is 2.76. The van der Waals surface area contributed by atoms with Gasteiger partial charge in [0.25, 0.3) is 0 Å². The van der Waals surface area contributed by atoms with E-state index in [1.54, 1.807) is 6.07 Å². The molecule has 1 saturated carbocycles. The van der Waals surface area contributed by atoms with Crippen molar-refractivity contribution in [3.05, 3.63) is 34.9 Å². The van der Waals surface area contributed by atoms with Gasteiger partial charge in [0.2, 0.25) is 0 Å². The Labute approximate surface area is 124 Å². The van der Waals surface area contributed by atoms with Crippen molar-refractivity contribution >= 4 is 5.57 Å². The maximum atomic E-state index is 10.4. The lowest BCUT2D eigenvalue weighted by Crippen LogP contribution is -2.39. The van der Waals surface area contributed by atoms with E-state index in [0.29, 0.717) is 18.1 Å². The summed E-state index contributed by atoms with van der Waals surface area (Å²) in [5.41, 5.74) is 5.17. The molecule has 0 saturated heterocycles. The van der Waals surface area contributed by atoms with E-state index in [4.69, 9.17) is 0 Å². The fraction of sp³-hybridized carbons (Fsp3) is 0.556. The standard InChI is InChI=1S/C18H22O3/c1-18-7-6-13-12-5-3-11(19)8-10(12)2-4-14(13)15(18)9-16(20)17(18)21/h3,5,8,15-17,19-21H,2,4,6-7,9H2,1H3/t15?,16-,17?,18+/m1/s1. The van der Waals surface area contributed by atoms with Crippen molar-refractivity contribution in [2.24, 2.45) is 11.3 Å². The molecule has 4 rings (SSSR count). The van der Waals surface area contributed by atoms with Crippen molar-refractivity contribution in [3.63, 3.8) is 0 Å². The highest BCUT2D eigenvalue weighted by molar-refractivity contribution is 5.75. The van der Waals surface area contributed by atoms with E-state index in [2.05, 4.69) is 6.92 Å². The first-order valence-corrected chi connectivity index (χ1v) is 7.91. The van der Waals surface area contributed by atoms with Crippen molar-refractivity contribution in [2.75, 3.05) is 0 Å². The second-order valence-corrected chi connectivity index (χ2v) is 7.15. The molecule has 3 heteroatoms. The van der Waals surface area contributed by atoms with E-state index < -0.39 is 12.2 Å². The number of aromatic hydroxyl groups is 1. The number of aryl methyl sites for hydroxylation is 1. The van der Waals surface area contributed by atoms with Crippen LogP contribution in [0.5, 0.6) is 5.75 Å². The molecule has 3 aliphatic carbocycles. The Hall–Kier alpha value is -1.32. The minimum absolute atomic E-state index is 0.174. The molecular weight excluding hydrogens is 264 g/mol. The summed E-state index contributed by atoms with van der Waals surface area (Å²) >= 11 is 0. The highest BCUT2D eigenvalue weighted by Crippen LogP contribution is 2.58. The van der Waals surface area contributed by atoms with Gasteiger partial charge in [0.1, 0.15) is 5.75 Å². The summed E-state index contributed by atoms with van der Waals surface area (Å²) in [4.78, 5) is 0. The normalized spacial score (nSPS) is 38.0. The smallest absolute Gasteiger partial charge is 0.115 e. The monoisotopic (exact) mass is 286 g/mol. The third kappa shape index (κ3) is 1.74. The number of rotatable bonds is 0. The van der Waals surface area contributed by atoms with E-state index in [1.807, 2.05) is 12.1 Å². The van der Waals surface area contributed by atoms with Gasteiger partial charge in [0, 0.05) is 5.41 Å². The van der Waals surface area contributed by atoms with Gasteiger partial charge in [-0.3, -0.25) is 0 Å². The topological polar surface area (TPSA) is 60.7 Å². The lowest BCUT2D eigenvalue weighted by Gasteiger charge is -2.43. The average Bonchev–Trinajstić information content (AvgIpc) is 2.70. The third-order valence-corrected chi connectivity index (χ3v) is 6.11. The fourth-order valence-corrected chi connectivity index (χ4v) is 4.90. The third-order valence-electron chi connectivity index (χ3n) is 6.11. The van der Waals surface area contributed by atoms with Crippen LogP contribution >= 0.6 is 0 Å². The van der Waals surface area contributed by atoms with Crippen molar-refractivity contribution in [2.45, 2.75) is 51.2 Å². The lowest BCUT2D eigenvalue weighted by atomic mass is 9.62. The van der Waals surface area contributed by atoms with Crippen LogP contribution in [0.4, 0.5) is 0 Å². The number of phenols is 1. The summed E-state index contributed by atoms with van der Waals surface area (Å²) in [6.45, 7) is 2.13. The number of benzene rings is 1. The van der Waals surface area contributed by atoms with Crippen LogP contribution < -0.4 is 0 Å². The first-order chi connectivity index (χ1) is 10.0. The van der Waals surface area contributed by atoms with E-state index in [9.17, 15) is 15.3 Å². The number of phenolic OH excluding ortho intramolecular Hbond substituents is 1. The van der Waals surface area contributed by atoms with Gasteiger partial charge in [-0.25, -0.2) is 0 Å². The highest BCUT2D eigenvalue weighted by Gasteiger charge is 2.54. The van der Waals surface area contributed by atoms with Crippen LogP contribution in [0.1, 0.15) is 43.7 Å². The molecule has 1 aromatic rings. The molecule has 0 bridgehead atoms. The van der Waals surface area contributed by atoms with Crippen molar-refractivity contribution in [3.8, 4) is 5.75 Å². The fourth-order valence-electron chi connectivity index (χ4n) is 4.90. The molecule has 4 atom stereocenters. The van der Waals surface area contributed by atoms with Crippen molar-refractivity contribution < 1.29 is 15.3 Å². The Morgan fingerprint density at radius 2 is 1.95 bits per heavy atom. The largest absolute Gasteiger partial charge is 0.508 e. The van der Waals surface area contributed by atoms with Crippen molar-refractivity contribution in [1.29, 1.82) is 0 Å². The number of hydrogen-bond acceptors (Lipinski definition) is 3. The molecule has 1 fully saturated rings. The van der Waals surface area contributed by atoms with Gasteiger partial charge in [0.05, 0.1) is 12.2 Å². The van der Waals surface area contributed by atoms with E-state index >= 15 is 0 Å². The van der Waals surface area contributed by atoms with Crippen molar-refractivity contribution in [1.82, 2.24) is 0 Å². The minimum atomic E-state index is -0.599. The molecular formula is C18H22O3. The van der Waals surface area contributed by atoms with Crippen LogP contribution in [0.25, 0.3) is 5.57 Å². The summed E-state index contributed by atoms with van der Waals surface area (Å²) in [6, 6.07) is 5.68. The summed E-state index contributed by atoms with van der Waals surface area (Å²) in [5, 5.41) is 30.1. The quantitative estimate of drug-likeness (QED) is 0.687. The maximum absolute atomic E-state index is 10.4. The van der Waals surface area contributed by atoms with Crippen LogP contribution in [0, 0.1) is 11.3 Å². The number of aliphatic hydroxyl groups is 2. The highest BCUT2D eigenvalue weighted by atomic mass is 16.3. The van der Waals surface area contributed by atoms with Gasteiger partial charge in [-0.1, -0.05) is 18.6 Å². The zero-order valence-corrected chi connectivity index (χ0v) is 12.3. The first-order valence-electron chi connectivity index (χ1n) is 7.91. The Bertz CT molecular complexity index is 633. The molecule has 1 aromatic carbocycles. The summed E-state index contributed by atoms with van der Waals surface area (Å²) in [7, 11) is 0. The lowest BCUT2D eigenvalue weighted by molar-refractivity contribution is -0.0239. The molecule has 112 valence electrons. The SMILES string of the molecule is C[C@]12CCC3=C(CCc4cc(O)ccc43)C1C[C@@H](O)C2O. The molecule has 21 heavy (non-hydrogen) atoms. The van der Waals surface area contributed by atoms with Gasteiger partial charge in [-0.05, 0) is 66.9 Å². The number of aliphatic hydroxyl groups excluding tert-OH is 2. The molecule has 3 nitrogen and oxygen atoms in total.